The Morgan fingerprint density at radius 3 is 2.48 bits per heavy atom. The van der Waals surface area contributed by atoms with Crippen molar-refractivity contribution in [3.8, 4) is 0 Å². The molecule has 0 heterocycles. The molecule has 2 aromatic carbocycles. The molecule has 0 spiro atoms. The summed E-state index contributed by atoms with van der Waals surface area (Å²) in [5.41, 5.74) is 2.35. The van der Waals surface area contributed by atoms with Crippen LogP contribution in [0.15, 0.2) is 42.5 Å². The van der Waals surface area contributed by atoms with Crippen molar-refractivity contribution in [1.29, 1.82) is 0 Å². The molecule has 0 radical (unpaired) electrons. The second-order valence-corrected chi connectivity index (χ2v) is 5.05. The number of carbonyl (C=O) groups excluding carboxylic acids is 1. The quantitative estimate of drug-likeness (QED) is 0.514. The van der Waals surface area contributed by atoms with E-state index in [2.05, 4.69) is 21.2 Å². The summed E-state index contributed by atoms with van der Waals surface area (Å²) < 4.78 is 0. The second kappa shape index (κ2) is 6.49. The predicted octanol–water partition coefficient (Wildman–Crippen LogP) is 4.05. The summed E-state index contributed by atoms with van der Waals surface area (Å²) in [6, 6.07) is 11.8. The van der Waals surface area contributed by atoms with Gasteiger partial charge in [0.25, 0.3) is 11.6 Å². The van der Waals surface area contributed by atoms with Crippen LogP contribution in [0.5, 0.6) is 0 Å². The van der Waals surface area contributed by atoms with Crippen LogP contribution in [0.1, 0.15) is 21.5 Å². The Balaban J connectivity index is 2.24. The fourth-order valence-electron chi connectivity index (χ4n) is 1.94. The normalized spacial score (nSPS) is 10.2. The van der Waals surface area contributed by atoms with Gasteiger partial charge in [0.15, 0.2) is 0 Å². The Morgan fingerprint density at radius 1 is 1.24 bits per heavy atom. The van der Waals surface area contributed by atoms with Gasteiger partial charge >= 0.3 is 0 Å². The van der Waals surface area contributed by atoms with Crippen molar-refractivity contribution in [2.24, 2.45) is 0 Å². The summed E-state index contributed by atoms with van der Waals surface area (Å²) >= 11 is 3.35. The van der Waals surface area contributed by atoms with Crippen LogP contribution in [-0.4, -0.2) is 10.8 Å². The summed E-state index contributed by atoms with van der Waals surface area (Å²) in [7, 11) is 0. The number of alkyl halides is 1. The first-order chi connectivity index (χ1) is 10.0. The molecule has 0 bridgehead atoms. The van der Waals surface area contributed by atoms with Crippen LogP contribution < -0.4 is 5.32 Å². The highest BCUT2D eigenvalue weighted by molar-refractivity contribution is 9.08. The molecule has 0 aliphatic heterocycles. The maximum Gasteiger partial charge on any atom is 0.273 e. The highest BCUT2D eigenvalue weighted by atomic mass is 79.9. The van der Waals surface area contributed by atoms with E-state index in [0.29, 0.717) is 16.8 Å². The van der Waals surface area contributed by atoms with Crippen molar-refractivity contribution in [2.75, 3.05) is 5.32 Å². The average Bonchev–Trinajstić information content (AvgIpc) is 2.47. The molecule has 2 rings (SSSR count). The van der Waals surface area contributed by atoms with Gasteiger partial charge in [0, 0.05) is 28.2 Å². The van der Waals surface area contributed by atoms with Crippen LogP contribution in [0.3, 0.4) is 0 Å². The largest absolute Gasteiger partial charge is 0.322 e. The van der Waals surface area contributed by atoms with E-state index in [1.807, 2.05) is 12.1 Å². The molecule has 0 unspecified atom stereocenters. The van der Waals surface area contributed by atoms with Gasteiger partial charge in [-0.05, 0) is 30.7 Å². The maximum atomic E-state index is 12.2. The lowest BCUT2D eigenvalue weighted by Crippen LogP contribution is -2.14. The van der Waals surface area contributed by atoms with Gasteiger partial charge in [-0.25, -0.2) is 0 Å². The van der Waals surface area contributed by atoms with Gasteiger partial charge in [0.2, 0.25) is 0 Å². The molecule has 1 amide bonds. The van der Waals surface area contributed by atoms with Gasteiger partial charge in [0.1, 0.15) is 0 Å². The summed E-state index contributed by atoms with van der Waals surface area (Å²) in [5.74, 6) is -0.359. The van der Waals surface area contributed by atoms with Gasteiger partial charge in [-0.1, -0.05) is 34.1 Å². The number of amides is 1. The molecule has 1 N–H and O–H groups in total. The van der Waals surface area contributed by atoms with E-state index in [9.17, 15) is 14.9 Å². The molecule has 0 atom stereocenters. The number of nitro groups is 1. The van der Waals surface area contributed by atoms with Crippen LogP contribution in [0.25, 0.3) is 0 Å². The molecule has 21 heavy (non-hydrogen) atoms. The van der Waals surface area contributed by atoms with Gasteiger partial charge in [-0.15, -0.1) is 0 Å². The summed E-state index contributed by atoms with van der Waals surface area (Å²) in [6.45, 7) is 1.57. The van der Waals surface area contributed by atoms with E-state index in [1.54, 1.807) is 25.1 Å². The molecule has 5 nitrogen and oxygen atoms in total. The number of nitro benzene ring substituents is 1. The minimum absolute atomic E-state index is 0.0581. The Labute approximate surface area is 130 Å². The van der Waals surface area contributed by atoms with Crippen LogP contribution in [0.2, 0.25) is 0 Å². The number of rotatable bonds is 4. The molecule has 0 aliphatic carbocycles. The fraction of sp³-hybridized carbons (Fsp3) is 0.133. The molecule has 0 saturated heterocycles. The minimum atomic E-state index is -0.489. The standard InChI is InChI=1S/C15H13BrN2O3/c1-10-13(3-2-4-14(10)18(20)21)15(19)17-12-7-5-11(9-16)6-8-12/h2-8H,9H2,1H3,(H,17,19). The number of hydrogen-bond acceptors (Lipinski definition) is 3. The zero-order valence-corrected chi connectivity index (χ0v) is 12.9. The number of hydrogen-bond donors (Lipinski definition) is 1. The third-order valence-electron chi connectivity index (χ3n) is 3.11. The highest BCUT2D eigenvalue weighted by Crippen LogP contribution is 2.22. The highest BCUT2D eigenvalue weighted by Gasteiger charge is 2.17. The lowest BCUT2D eigenvalue weighted by molar-refractivity contribution is -0.385. The summed E-state index contributed by atoms with van der Waals surface area (Å²) in [6.07, 6.45) is 0. The van der Waals surface area contributed by atoms with E-state index >= 15 is 0 Å². The van der Waals surface area contributed by atoms with Crippen molar-refractivity contribution in [2.45, 2.75) is 12.3 Å². The molecule has 0 fully saturated rings. The lowest BCUT2D eigenvalue weighted by atomic mass is 10.1. The van der Waals surface area contributed by atoms with E-state index in [0.717, 1.165) is 10.9 Å². The molecule has 108 valence electrons. The Bertz CT molecular complexity index is 684. The first kappa shape index (κ1) is 15.2. The predicted molar refractivity (Wildman–Crippen MR) is 84.9 cm³/mol. The number of nitrogens with zero attached hydrogens (tertiary/aromatic N) is 1. The third-order valence-corrected chi connectivity index (χ3v) is 3.76. The Morgan fingerprint density at radius 2 is 1.90 bits per heavy atom. The first-order valence-corrected chi connectivity index (χ1v) is 7.35. The van der Waals surface area contributed by atoms with E-state index in [1.165, 1.54) is 12.1 Å². The lowest BCUT2D eigenvalue weighted by Gasteiger charge is -2.08. The van der Waals surface area contributed by atoms with Crippen molar-refractivity contribution >= 4 is 33.2 Å². The fourth-order valence-corrected chi connectivity index (χ4v) is 2.32. The Hall–Kier alpha value is -2.21. The second-order valence-electron chi connectivity index (χ2n) is 4.49. The topological polar surface area (TPSA) is 72.2 Å². The van der Waals surface area contributed by atoms with Crippen LogP contribution in [-0.2, 0) is 5.33 Å². The smallest absolute Gasteiger partial charge is 0.273 e. The van der Waals surface area contributed by atoms with E-state index in [-0.39, 0.29) is 11.6 Å². The van der Waals surface area contributed by atoms with Crippen molar-refractivity contribution in [1.82, 2.24) is 0 Å². The monoisotopic (exact) mass is 348 g/mol. The average molecular weight is 349 g/mol. The number of benzene rings is 2. The number of nitrogens with one attached hydrogen (secondary N) is 1. The van der Waals surface area contributed by atoms with E-state index in [4.69, 9.17) is 0 Å². The zero-order valence-electron chi connectivity index (χ0n) is 11.3. The Kier molecular flexibility index (Phi) is 4.70. The molecule has 6 heteroatoms. The molecule has 0 aromatic heterocycles. The van der Waals surface area contributed by atoms with Gasteiger partial charge in [-0.3, -0.25) is 14.9 Å². The summed E-state index contributed by atoms with van der Waals surface area (Å²) in [4.78, 5) is 22.6. The van der Waals surface area contributed by atoms with Crippen molar-refractivity contribution < 1.29 is 9.72 Å². The van der Waals surface area contributed by atoms with E-state index < -0.39 is 4.92 Å². The first-order valence-electron chi connectivity index (χ1n) is 6.23. The van der Waals surface area contributed by atoms with Crippen LogP contribution >= 0.6 is 15.9 Å². The van der Waals surface area contributed by atoms with Crippen LogP contribution in [0.4, 0.5) is 11.4 Å². The maximum absolute atomic E-state index is 12.2. The van der Waals surface area contributed by atoms with Gasteiger partial charge in [0.05, 0.1) is 4.92 Å². The zero-order chi connectivity index (χ0) is 15.4. The minimum Gasteiger partial charge on any atom is -0.322 e. The third kappa shape index (κ3) is 3.46. The SMILES string of the molecule is Cc1c(C(=O)Nc2ccc(CBr)cc2)cccc1[N+](=O)[O-]. The molecular formula is C15H13BrN2O3. The molecule has 0 aliphatic rings. The van der Waals surface area contributed by atoms with Gasteiger partial charge in [-0.2, -0.15) is 0 Å². The number of halogens is 1. The van der Waals surface area contributed by atoms with Gasteiger partial charge < -0.3 is 5.32 Å². The van der Waals surface area contributed by atoms with Crippen molar-refractivity contribution in [3.05, 3.63) is 69.3 Å². The molecule has 0 saturated carbocycles. The summed E-state index contributed by atoms with van der Waals surface area (Å²) in [5, 5.41) is 14.4. The molecular weight excluding hydrogens is 336 g/mol. The van der Waals surface area contributed by atoms with Crippen molar-refractivity contribution in [3.63, 3.8) is 0 Å². The number of carbonyl (C=O) groups is 1. The number of anilines is 1. The molecule has 2 aromatic rings. The van der Waals surface area contributed by atoms with Crippen LogP contribution in [0, 0.1) is 17.0 Å².